The number of amides is 2. The van der Waals surface area contributed by atoms with E-state index in [0.29, 0.717) is 0 Å². The molecular weight excluding hydrogens is 521 g/mol. The Bertz CT molecular complexity index is 1550. The molecule has 0 unspecified atom stereocenters. The number of anilines is 2. The molecule has 0 aromatic heterocycles. The number of nitrogens with zero attached hydrogens (tertiary/aromatic N) is 2. The number of phenols is 1. The summed E-state index contributed by atoms with van der Waals surface area (Å²) in [5.74, 6) is -3.41. The number of hydrogen-bond acceptors (Lipinski definition) is 7. The van der Waals surface area contributed by atoms with Gasteiger partial charge in [0.05, 0.1) is 41.2 Å². The molecule has 3 aromatic rings. The van der Waals surface area contributed by atoms with Crippen LogP contribution in [0.4, 0.5) is 29.3 Å². The minimum atomic E-state index is -4.82. The Morgan fingerprint density at radius 1 is 1.05 bits per heavy atom. The number of carbonyl (C=O) groups excluding carboxylic acids is 2. The predicted octanol–water partition coefficient (Wildman–Crippen LogP) is 4.86. The number of carboxylic acid groups (broad SMARTS) is 1. The summed E-state index contributed by atoms with van der Waals surface area (Å²) < 4.78 is 46.1. The molecule has 39 heavy (non-hydrogen) atoms. The number of benzene rings is 3. The van der Waals surface area contributed by atoms with Crippen molar-refractivity contribution in [1.29, 1.82) is 10.7 Å². The quantitative estimate of drug-likeness (QED) is 0.324. The lowest BCUT2D eigenvalue weighted by molar-refractivity contribution is -0.137. The zero-order valence-corrected chi connectivity index (χ0v) is 20.3. The highest BCUT2D eigenvalue weighted by atomic mass is 19.4. The lowest BCUT2D eigenvalue weighted by atomic mass is 9.93. The van der Waals surface area contributed by atoms with Crippen molar-refractivity contribution in [2.45, 2.75) is 6.18 Å². The van der Waals surface area contributed by atoms with Gasteiger partial charge in [-0.2, -0.15) is 18.4 Å². The van der Waals surface area contributed by atoms with Crippen LogP contribution in [0.1, 0.15) is 27.0 Å². The molecule has 4 N–H and O–H groups in total. The SMILES string of the molecule is COC(=O)N(C)c1cc(O)c(C(=N)C(=O)Nc2ccc(C#N)cc2C(=O)O)cc1-c1ccccc1C(F)(F)F. The molecule has 3 aromatic carbocycles. The molecule has 0 radical (unpaired) electrons. The van der Waals surface area contributed by atoms with Gasteiger partial charge in [-0.05, 0) is 35.9 Å². The fraction of sp³-hybridized carbons (Fsp3) is 0.115. The average molecular weight is 540 g/mol. The number of halogens is 3. The van der Waals surface area contributed by atoms with E-state index in [2.05, 4.69) is 10.1 Å². The van der Waals surface area contributed by atoms with Crippen LogP contribution in [0.2, 0.25) is 0 Å². The van der Waals surface area contributed by atoms with E-state index in [4.69, 9.17) is 10.7 Å². The number of aromatic carboxylic acids is 1. The topological polar surface area (TPSA) is 164 Å². The van der Waals surface area contributed by atoms with Gasteiger partial charge >= 0.3 is 18.2 Å². The number of carboxylic acids is 1. The highest BCUT2D eigenvalue weighted by Crippen LogP contribution is 2.42. The highest BCUT2D eigenvalue weighted by molar-refractivity contribution is 6.48. The zero-order chi connectivity index (χ0) is 29.1. The second-order valence-electron chi connectivity index (χ2n) is 7.97. The van der Waals surface area contributed by atoms with Gasteiger partial charge in [0.1, 0.15) is 11.5 Å². The number of aromatic hydroxyl groups is 1. The van der Waals surface area contributed by atoms with E-state index in [0.717, 1.165) is 54.5 Å². The summed E-state index contributed by atoms with van der Waals surface area (Å²) >= 11 is 0. The summed E-state index contributed by atoms with van der Waals surface area (Å²) in [6.45, 7) is 0. The summed E-state index contributed by atoms with van der Waals surface area (Å²) in [6.07, 6.45) is -5.79. The van der Waals surface area contributed by atoms with Gasteiger partial charge in [-0.1, -0.05) is 18.2 Å². The Labute approximate surface area is 219 Å². The van der Waals surface area contributed by atoms with Crippen LogP contribution < -0.4 is 10.2 Å². The van der Waals surface area contributed by atoms with Crippen molar-refractivity contribution in [2.75, 3.05) is 24.4 Å². The van der Waals surface area contributed by atoms with Gasteiger partial charge in [-0.15, -0.1) is 0 Å². The van der Waals surface area contributed by atoms with E-state index < -0.39 is 57.9 Å². The Balaban J connectivity index is 2.16. The van der Waals surface area contributed by atoms with Crippen LogP contribution in [-0.4, -0.2) is 48.1 Å². The van der Waals surface area contributed by atoms with Crippen molar-refractivity contribution in [1.82, 2.24) is 0 Å². The van der Waals surface area contributed by atoms with Crippen LogP contribution in [0.25, 0.3) is 11.1 Å². The van der Waals surface area contributed by atoms with Gasteiger partial charge < -0.3 is 20.3 Å². The first-order valence-corrected chi connectivity index (χ1v) is 10.8. The predicted molar refractivity (Wildman–Crippen MR) is 133 cm³/mol. The van der Waals surface area contributed by atoms with Crippen molar-refractivity contribution in [3.05, 3.63) is 76.9 Å². The molecule has 0 aliphatic rings. The zero-order valence-electron chi connectivity index (χ0n) is 20.3. The summed E-state index contributed by atoms with van der Waals surface area (Å²) in [6, 6.07) is 11.4. The second-order valence-corrected chi connectivity index (χ2v) is 7.97. The van der Waals surface area contributed by atoms with Crippen molar-refractivity contribution in [3.63, 3.8) is 0 Å². The van der Waals surface area contributed by atoms with E-state index >= 15 is 0 Å². The molecule has 200 valence electrons. The maximum absolute atomic E-state index is 13.8. The van der Waals surface area contributed by atoms with Gasteiger partial charge in [0.15, 0.2) is 0 Å². The molecule has 0 fully saturated rings. The standard InChI is InChI=1S/C26H19F3N4O6/c1-33(25(38)39-2)20-11-21(34)17(10-15(20)14-5-3-4-6-18(14)26(27,28)29)22(31)23(35)32-19-8-7-13(12-30)9-16(19)24(36)37/h3-11,31,34H,1-2H3,(H,32,35)(H,36,37). The molecule has 3 rings (SSSR count). The third kappa shape index (κ3) is 5.80. The third-order valence-corrected chi connectivity index (χ3v) is 5.57. The number of ether oxygens (including phenoxy) is 1. The normalized spacial score (nSPS) is 10.8. The van der Waals surface area contributed by atoms with Gasteiger partial charge in [0.2, 0.25) is 0 Å². The summed E-state index contributed by atoms with van der Waals surface area (Å²) in [4.78, 5) is 37.5. The number of methoxy groups -OCH3 is 1. The summed E-state index contributed by atoms with van der Waals surface area (Å²) in [5, 5.41) is 39.6. The van der Waals surface area contributed by atoms with Crippen LogP contribution in [0, 0.1) is 16.7 Å². The first-order chi connectivity index (χ1) is 18.3. The molecule has 0 saturated heterocycles. The van der Waals surface area contributed by atoms with E-state index in [9.17, 15) is 37.8 Å². The maximum atomic E-state index is 13.8. The number of nitriles is 1. The number of rotatable bonds is 6. The molecule has 2 amide bonds. The van der Waals surface area contributed by atoms with Crippen molar-refractivity contribution in [2.24, 2.45) is 0 Å². The van der Waals surface area contributed by atoms with Crippen molar-refractivity contribution in [3.8, 4) is 22.9 Å². The van der Waals surface area contributed by atoms with Crippen molar-refractivity contribution >= 4 is 35.1 Å². The Kier molecular flexibility index (Phi) is 7.90. The summed E-state index contributed by atoms with van der Waals surface area (Å²) in [5.41, 5.74) is -4.12. The van der Waals surface area contributed by atoms with Crippen LogP contribution >= 0.6 is 0 Å². The minimum absolute atomic E-state index is 0.00333. The average Bonchev–Trinajstić information content (AvgIpc) is 2.91. The molecule has 0 saturated carbocycles. The third-order valence-electron chi connectivity index (χ3n) is 5.57. The maximum Gasteiger partial charge on any atom is 0.417 e. The lowest BCUT2D eigenvalue weighted by Crippen LogP contribution is -2.27. The summed E-state index contributed by atoms with van der Waals surface area (Å²) in [7, 11) is 2.24. The molecule has 0 aliphatic heterocycles. The Morgan fingerprint density at radius 3 is 2.31 bits per heavy atom. The number of nitrogens with one attached hydrogen (secondary N) is 2. The Morgan fingerprint density at radius 2 is 1.72 bits per heavy atom. The molecule has 13 heteroatoms. The van der Waals surface area contributed by atoms with E-state index in [1.807, 2.05) is 0 Å². The first-order valence-electron chi connectivity index (χ1n) is 10.8. The van der Waals surface area contributed by atoms with E-state index in [1.165, 1.54) is 19.2 Å². The monoisotopic (exact) mass is 540 g/mol. The fourth-order valence-electron chi connectivity index (χ4n) is 3.68. The lowest BCUT2D eigenvalue weighted by Gasteiger charge is -2.23. The largest absolute Gasteiger partial charge is 0.507 e. The van der Waals surface area contributed by atoms with Crippen LogP contribution in [0.5, 0.6) is 5.75 Å². The molecular formula is C26H19F3N4O6. The molecule has 0 aliphatic carbocycles. The number of phenolic OH excluding ortho intramolecular Hbond substituents is 1. The second kappa shape index (κ2) is 10.9. The Hall–Kier alpha value is -5.38. The van der Waals surface area contributed by atoms with Gasteiger partial charge in [-0.3, -0.25) is 15.1 Å². The van der Waals surface area contributed by atoms with Crippen molar-refractivity contribution < 1.29 is 42.5 Å². The highest BCUT2D eigenvalue weighted by Gasteiger charge is 2.35. The van der Waals surface area contributed by atoms with Crippen LogP contribution in [0.15, 0.2) is 54.6 Å². The smallest absolute Gasteiger partial charge is 0.417 e. The number of carbonyl (C=O) groups is 3. The van der Waals surface area contributed by atoms with E-state index in [-0.39, 0.29) is 22.5 Å². The number of hydrogen-bond donors (Lipinski definition) is 4. The molecule has 0 heterocycles. The first kappa shape index (κ1) is 28.2. The molecule has 10 nitrogen and oxygen atoms in total. The molecule has 0 bridgehead atoms. The minimum Gasteiger partial charge on any atom is -0.507 e. The van der Waals surface area contributed by atoms with Gasteiger partial charge in [0.25, 0.3) is 5.91 Å². The van der Waals surface area contributed by atoms with E-state index in [1.54, 1.807) is 6.07 Å². The van der Waals surface area contributed by atoms with Crippen LogP contribution in [0.3, 0.4) is 0 Å². The fourth-order valence-corrected chi connectivity index (χ4v) is 3.68. The molecule has 0 atom stereocenters. The van der Waals surface area contributed by atoms with Gasteiger partial charge in [-0.25, -0.2) is 9.59 Å². The molecule has 0 spiro atoms. The van der Waals surface area contributed by atoms with Crippen LogP contribution in [-0.2, 0) is 15.7 Å². The number of alkyl halides is 3. The van der Waals surface area contributed by atoms with Gasteiger partial charge in [0, 0.05) is 24.2 Å².